The number of aryl methyl sites for hydroxylation is 2. The highest BCUT2D eigenvalue weighted by molar-refractivity contribution is 7.93. The molecule has 0 bridgehead atoms. The van der Waals surface area contributed by atoms with Crippen LogP contribution in [0.1, 0.15) is 21.6 Å². The summed E-state index contributed by atoms with van der Waals surface area (Å²) in [5.41, 5.74) is 2.98. The van der Waals surface area contributed by atoms with E-state index in [0.29, 0.717) is 11.4 Å². The zero-order valence-electron chi connectivity index (χ0n) is 15.5. The number of carbonyl (C=O) groups is 1. The van der Waals surface area contributed by atoms with E-state index in [-0.39, 0.29) is 15.7 Å². The van der Waals surface area contributed by atoms with Crippen LogP contribution in [0.3, 0.4) is 0 Å². The van der Waals surface area contributed by atoms with Crippen LogP contribution in [0.5, 0.6) is 5.75 Å². The first-order valence-electron chi connectivity index (χ1n) is 8.29. The number of hydrogen-bond acceptors (Lipinski definition) is 6. The molecule has 1 heterocycles. The molecule has 2 N–H and O–H groups in total. The molecule has 0 aliphatic carbocycles. The van der Waals surface area contributed by atoms with Gasteiger partial charge in [-0.3, -0.25) is 9.52 Å². The third kappa shape index (κ3) is 4.49. The van der Waals surface area contributed by atoms with Gasteiger partial charge in [-0.2, -0.15) is 0 Å². The first-order valence-corrected chi connectivity index (χ1v) is 10.7. The summed E-state index contributed by atoms with van der Waals surface area (Å²) in [5.74, 6) is 0.146. The van der Waals surface area contributed by atoms with E-state index in [1.54, 1.807) is 18.2 Å². The van der Waals surface area contributed by atoms with Crippen LogP contribution >= 0.6 is 11.3 Å². The molecule has 28 heavy (non-hydrogen) atoms. The summed E-state index contributed by atoms with van der Waals surface area (Å²) in [5, 5.41) is 4.38. The molecule has 0 saturated heterocycles. The van der Waals surface area contributed by atoms with E-state index in [1.165, 1.54) is 24.6 Å². The maximum atomic E-state index is 12.5. The predicted molar refractivity (Wildman–Crippen MR) is 110 cm³/mol. The van der Waals surface area contributed by atoms with Gasteiger partial charge in [-0.15, -0.1) is 11.3 Å². The Kier molecular flexibility index (Phi) is 5.66. The number of nitrogens with one attached hydrogen (secondary N) is 2. The predicted octanol–water partition coefficient (Wildman–Crippen LogP) is 3.82. The molecule has 7 nitrogen and oxygen atoms in total. The molecule has 0 fully saturated rings. The Labute approximate surface area is 167 Å². The molecule has 1 amide bonds. The SMILES string of the molecule is COc1ccc(S(=O)(=O)Nc2nc(C(=O)Nc3ccc(C)c(C)c3)cs2)cc1. The second-order valence-electron chi connectivity index (χ2n) is 6.07. The number of ether oxygens (including phenoxy) is 1. The summed E-state index contributed by atoms with van der Waals surface area (Å²) < 4.78 is 32.3. The molecule has 146 valence electrons. The number of aromatic nitrogens is 1. The first-order chi connectivity index (χ1) is 13.3. The maximum Gasteiger partial charge on any atom is 0.275 e. The topological polar surface area (TPSA) is 97.4 Å². The minimum atomic E-state index is -3.81. The van der Waals surface area contributed by atoms with Gasteiger partial charge in [-0.1, -0.05) is 6.07 Å². The molecule has 3 rings (SSSR count). The third-order valence-electron chi connectivity index (χ3n) is 4.09. The summed E-state index contributed by atoms with van der Waals surface area (Å²) in [7, 11) is -2.31. The zero-order chi connectivity index (χ0) is 20.3. The molecule has 0 aliphatic heterocycles. The Morgan fingerprint density at radius 3 is 2.43 bits per heavy atom. The zero-order valence-corrected chi connectivity index (χ0v) is 17.1. The lowest BCUT2D eigenvalue weighted by Crippen LogP contribution is -2.15. The highest BCUT2D eigenvalue weighted by atomic mass is 32.2. The number of amides is 1. The summed E-state index contributed by atoms with van der Waals surface area (Å²) in [6, 6.07) is 11.6. The summed E-state index contributed by atoms with van der Waals surface area (Å²) >= 11 is 1.04. The van der Waals surface area contributed by atoms with Gasteiger partial charge in [0.15, 0.2) is 5.13 Å². The van der Waals surface area contributed by atoms with E-state index in [1.807, 2.05) is 26.0 Å². The van der Waals surface area contributed by atoms with Crippen molar-refractivity contribution in [2.45, 2.75) is 18.7 Å². The minimum Gasteiger partial charge on any atom is -0.497 e. The second kappa shape index (κ2) is 7.99. The smallest absolute Gasteiger partial charge is 0.275 e. The fourth-order valence-corrected chi connectivity index (χ4v) is 4.31. The fourth-order valence-electron chi connectivity index (χ4n) is 2.37. The molecule has 2 aromatic carbocycles. The van der Waals surface area contributed by atoms with Crippen molar-refractivity contribution >= 4 is 38.1 Å². The van der Waals surface area contributed by atoms with Crippen LogP contribution in [-0.4, -0.2) is 26.4 Å². The van der Waals surface area contributed by atoms with Gasteiger partial charge in [0.05, 0.1) is 12.0 Å². The van der Waals surface area contributed by atoms with E-state index in [2.05, 4.69) is 15.0 Å². The largest absolute Gasteiger partial charge is 0.497 e. The van der Waals surface area contributed by atoms with Crippen LogP contribution in [0.4, 0.5) is 10.8 Å². The molecule has 9 heteroatoms. The molecule has 0 radical (unpaired) electrons. The van der Waals surface area contributed by atoms with Crippen molar-refractivity contribution in [3.8, 4) is 5.75 Å². The highest BCUT2D eigenvalue weighted by Crippen LogP contribution is 2.22. The Balaban J connectivity index is 1.72. The lowest BCUT2D eigenvalue weighted by molar-refractivity contribution is 0.102. The van der Waals surface area contributed by atoms with Crippen LogP contribution in [0.15, 0.2) is 52.7 Å². The first kappa shape index (κ1) is 19.8. The van der Waals surface area contributed by atoms with Crippen molar-refractivity contribution in [3.63, 3.8) is 0 Å². The van der Waals surface area contributed by atoms with Crippen LogP contribution in [0.25, 0.3) is 0 Å². The van der Waals surface area contributed by atoms with Crippen LogP contribution in [0.2, 0.25) is 0 Å². The second-order valence-corrected chi connectivity index (χ2v) is 8.61. The standard InChI is InChI=1S/C19H19N3O4S2/c1-12-4-5-14(10-13(12)2)20-18(23)17-11-27-19(21-17)22-28(24,25)16-8-6-15(26-3)7-9-16/h4-11H,1-3H3,(H,20,23)(H,21,22). The molecule has 0 aliphatic rings. The number of hydrogen-bond donors (Lipinski definition) is 2. The number of benzene rings is 2. The number of sulfonamides is 1. The maximum absolute atomic E-state index is 12.5. The van der Waals surface area contributed by atoms with Gasteiger partial charge in [0.2, 0.25) is 0 Å². The molecular formula is C19H19N3O4S2. The van der Waals surface area contributed by atoms with Crippen molar-refractivity contribution in [2.75, 3.05) is 17.1 Å². The van der Waals surface area contributed by atoms with Crippen molar-refractivity contribution < 1.29 is 17.9 Å². The number of anilines is 2. The van der Waals surface area contributed by atoms with Crippen molar-refractivity contribution in [3.05, 3.63) is 64.7 Å². The monoisotopic (exact) mass is 417 g/mol. The number of carbonyl (C=O) groups excluding carboxylic acids is 1. The molecule has 0 saturated carbocycles. The molecular weight excluding hydrogens is 398 g/mol. The lowest BCUT2D eigenvalue weighted by Gasteiger charge is -2.07. The Hall–Kier alpha value is -2.91. The van der Waals surface area contributed by atoms with E-state index >= 15 is 0 Å². The van der Waals surface area contributed by atoms with Crippen LogP contribution in [-0.2, 0) is 10.0 Å². The lowest BCUT2D eigenvalue weighted by atomic mass is 10.1. The molecule has 0 unspecified atom stereocenters. The van der Waals surface area contributed by atoms with E-state index in [9.17, 15) is 13.2 Å². The Bertz CT molecular complexity index is 1110. The Morgan fingerprint density at radius 1 is 1.07 bits per heavy atom. The average molecular weight is 418 g/mol. The third-order valence-corrected chi connectivity index (χ3v) is 6.33. The molecule has 0 spiro atoms. The van der Waals surface area contributed by atoms with Gasteiger partial charge >= 0.3 is 0 Å². The van der Waals surface area contributed by atoms with E-state index < -0.39 is 15.9 Å². The van der Waals surface area contributed by atoms with Crippen molar-refractivity contribution in [1.82, 2.24) is 4.98 Å². The summed E-state index contributed by atoms with van der Waals surface area (Å²) in [6.07, 6.45) is 0. The fraction of sp³-hybridized carbons (Fsp3) is 0.158. The Morgan fingerprint density at radius 2 is 1.79 bits per heavy atom. The molecule has 1 aromatic heterocycles. The van der Waals surface area contributed by atoms with Gasteiger partial charge in [0.25, 0.3) is 15.9 Å². The number of nitrogens with zero attached hydrogens (tertiary/aromatic N) is 1. The van der Waals surface area contributed by atoms with Crippen molar-refractivity contribution in [1.29, 1.82) is 0 Å². The van der Waals surface area contributed by atoms with Gasteiger partial charge < -0.3 is 10.1 Å². The number of methoxy groups -OCH3 is 1. The number of thiazole rings is 1. The highest BCUT2D eigenvalue weighted by Gasteiger charge is 2.18. The molecule has 3 aromatic rings. The molecule has 0 atom stereocenters. The van der Waals surface area contributed by atoms with Crippen molar-refractivity contribution in [2.24, 2.45) is 0 Å². The van der Waals surface area contributed by atoms with Crippen LogP contribution in [0, 0.1) is 13.8 Å². The minimum absolute atomic E-state index is 0.0737. The summed E-state index contributed by atoms with van der Waals surface area (Å²) in [6.45, 7) is 3.95. The summed E-state index contributed by atoms with van der Waals surface area (Å²) in [4.78, 5) is 16.5. The van der Waals surface area contributed by atoms with Gasteiger partial charge in [-0.05, 0) is 61.4 Å². The van der Waals surface area contributed by atoms with Gasteiger partial charge in [-0.25, -0.2) is 13.4 Å². The average Bonchev–Trinajstić information content (AvgIpc) is 3.12. The van der Waals surface area contributed by atoms with Crippen LogP contribution < -0.4 is 14.8 Å². The normalized spacial score (nSPS) is 11.1. The van der Waals surface area contributed by atoms with Gasteiger partial charge in [0.1, 0.15) is 11.4 Å². The quantitative estimate of drug-likeness (QED) is 0.635. The van der Waals surface area contributed by atoms with Gasteiger partial charge in [0, 0.05) is 11.1 Å². The van der Waals surface area contributed by atoms with E-state index in [4.69, 9.17) is 4.74 Å². The number of rotatable bonds is 6. The van der Waals surface area contributed by atoms with E-state index in [0.717, 1.165) is 22.5 Å².